The molecule has 3 aromatic heterocycles. The van der Waals surface area contributed by atoms with Crippen LogP contribution < -0.4 is 10.5 Å². The molecule has 0 unspecified atom stereocenters. The lowest BCUT2D eigenvalue weighted by molar-refractivity contribution is 0.840. The minimum absolute atomic E-state index is 0.157. The third-order valence-electron chi connectivity index (χ3n) is 3.77. The number of aryl methyl sites for hydroxylation is 1. The van der Waals surface area contributed by atoms with E-state index in [9.17, 15) is 4.79 Å². The van der Waals surface area contributed by atoms with Crippen LogP contribution in [0.15, 0.2) is 53.6 Å². The number of fused-ring (bicyclic) bond motifs is 1. The second-order valence-corrected chi connectivity index (χ2v) is 6.73. The third kappa shape index (κ3) is 3.03. The predicted molar refractivity (Wildman–Crippen MR) is 97.5 cm³/mol. The Kier molecular flexibility index (Phi) is 3.81. The van der Waals surface area contributed by atoms with Crippen molar-refractivity contribution in [2.45, 2.75) is 13.5 Å². The number of hydrogen-bond donors (Lipinski definition) is 0. The first-order valence-corrected chi connectivity index (χ1v) is 8.59. The fourth-order valence-electron chi connectivity index (χ4n) is 2.57. The van der Waals surface area contributed by atoms with Crippen molar-refractivity contribution in [2.75, 3.05) is 11.9 Å². The molecule has 3 heterocycles. The summed E-state index contributed by atoms with van der Waals surface area (Å²) in [6.07, 6.45) is 3.83. The molecule has 0 saturated carbocycles. The van der Waals surface area contributed by atoms with E-state index in [1.807, 2.05) is 66.3 Å². The lowest BCUT2D eigenvalue weighted by Crippen LogP contribution is -2.18. The van der Waals surface area contributed by atoms with Gasteiger partial charge in [0.2, 0.25) is 10.1 Å². The minimum Gasteiger partial charge on any atom is -0.345 e. The van der Waals surface area contributed by atoms with Gasteiger partial charge in [0, 0.05) is 37.1 Å². The molecule has 8 heteroatoms. The van der Waals surface area contributed by atoms with E-state index in [4.69, 9.17) is 0 Å². The van der Waals surface area contributed by atoms with Crippen LogP contribution >= 0.6 is 11.3 Å². The number of para-hydroxylation sites is 1. The molecule has 0 aliphatic carbocycles. The second-order valence-electron chi connectivity index (χ2n) is 5.80. The van der Waals surface area contributed by atoms with E-state index in [-0.39, 0.29) is 5.56 Å². The Morgan fingerprint density at radius 1 is 1.24 bits per heavy atom. The molecular weight excluding hydrogens is 336 g/mol. The molecular formula is C17H16N6OS. The quantitative estimate of drug-likeness (QED) is 0.564. The topological polar surface area (TPSA) is 68.3 Å². The summed E-state index contributed by atoms with van der Waals surface area (Å²) in [6.45, 7) is 2.45. The van der Waals surface area contributed by atoms with E-state index < -0.39 is 0 Å². The van der Waals surface area contributed by atoms with E-state index in [2.05, 4.69) is 15.2 Å². The zero-order valence-corrected chi connectivity index (χ0v) is 14.6. The molecule has 4 rings (SSSR count). The Balaban J connectivity index is 1.58. The maximum atomic E-state index is 12.0. The highest BCUT2D eigenvalue weighted by molar-refractivity contribution is 7.20. The molecule has 0 aliphatic rings. The SMILES string of the molecule is Cc1cc(=O)n2nc(N(C)Cc3cnn(-c4ccccc4)c3)sc2n1. The summed E-state index contributed by atoms with van der Waals surface area (Å²) in [5, 5.41) is 9.52. The molecule has 0 N–H and O–H groups in total. The molecule has 126 valence electrons. The van der Waals surface area contributed by atoms with Crippen LogP contribution in [0.3, 0.4) is 0 Å². The van der Waals surface area contributed by atoms with Gasteiger partial charge in [-0.05, 0) is 19.1 Å². The van der Waals surface area contributed by atoms with E-state index in [1.54, 1.807) is 0 Å². The van der Waals surface area contributed by atoms with Gasteiger partial charge in [0.05, 0.1) is 11.9 Å². The van der Waals surface area contributed by atoms with Crippen molar-refractivity contribution in [2.24, 2.45) is 0 Å². The molecule has 0 bridgehead atoms. The molecule has 1 aromatic carbocycles. The third-order valence-corrected chi connectivity index (χ3v) is 4.79. The highest BCUT2D eigenvalue weighted by Gasteiger charge is 2.12. The highest BCUT2D eigenvalue weighted by Crippen LogP contribution is 2.22. The summed E-state index contributed by atoms with van der Waals surface area (Å²) >= 11 is 1.40. The van der Waals surface area contributed by atoms with Gasteiger partial charge < -0.3 is 4.90 Å². The first-order valence-electron chi connectivity index (χ1n) is 7.78. The van der Waals surface area contributed by atoms with E-state index in [0.29, 0.717) is 17.2 Å². The van der Waals surface area contributed by atoms with Crippen molar-refractivity contribution in [3.8, 4) is 5.69 Å². The van der Waals surface area contributed by atoms with Gasteiger partial charge >= 0.3 is 0 Å². The predicted octanol–water partition coefficient (Wildman–Crippen LogP) is 2.28. The van der Waals surface area contributed by atoms with Crippen LogP contribution in [0.25, 0.3) is 10.6 Å². The Morgan fingerprint density at radius 3 is 2.84 bits per heavy atom. The first kappa shape index (κ1) is 15.5. The Hall–Kier alpha value is -3.00. The van der Waals surface area contributed by atoms with Gasteiger partial charge in [-0.1, -0.05) is 29.5 Å². The van der Waals surface area contributed by atoms with Crippen molar-refractivity contribution in [1.29, 1.82) is 0 Å². The van der Waals surface area contributed by atoms with Gasteiger partial charge in [-0.15, -0.1) is 5.10 Å². The summed E-state index contributed by atoms with van der Waals surface area (Å²) in [6, 6.07) is 11.4. The van der Waals surface area contributed by atoms with E-state index in [0.717, 1.165) is 16.4 Å². The van der Waals surface area contributed by atoms with Gasteiger partial charge in [0.1, 0.15) is 0 Å². The first-order chi connectivity index (χ1) is 12.1. The Bertz CT molecular complexity index is 1080. The molecule has 0 radical (unpaired) electrons. The molecule has 0 amide bonds. The van der Waals surface area contributed by atoms with E-state index in [1.165, 1.54) is 21.9 Å². The number of anilines is 1. The summed E-state index contributed by atoms with van der Waals surface area (Å²) in [5.41, 5.74) is 2.62. The van der Waals surface area contributed by atoms with Crippen LogP contribution in [0.1, 0.15) is 11.3 Å². The van der Waals surface area contributed by atoms with E-state index >= 15 is 0 Å². The monoisotopic (exact) mass is 352 g/mol. The van der Waals surface area contributed by atoms with Crippen molar-refractivity contribution >= 4 is 21.4 Å². The zero-order chi connectivity index (χ0) is 17.4. The Morgan fingerprint density at radius 2 is 2.04 bits per heavy atom. The number of benzene rings is 1. The van der Waals surface area contributed by atoms with Crippen LogP contribution in [0, 0.1) is 6.92 Å². The van der Waals surface area contributed by atoms with Gasteiger partial charge in [-0.2, -0.15) is 9.61 Å². The lowest BCUT2D eigenvalue weighted by Gasteiger charge is -2.13. The normalized spacial score (nSPS) is 11.1. The number of aromatic nitrogens is 5. The fourth-order valence-corrected chi connectivity index (χ4v) is 3.48. The summed E-state index contributed by atoms with van der Waals surface area (Å²) < 4.78 is 3.19. The molecule has 0 spiro atoms. The maximum Gasteiger partial charge on any atom is 0.275 e. The van der Waals surface area contributed by atoms with Gasteiger partial charge in [-0.3, -0.25) is 4.79 Å². The second kappa shape index (κ2) is 6.14. The number of nitrogens with zero attached hydrogens (tertiary/aromatic N) is 6. The molecule has 7 nitrogen and oxygen atoms in total. The highest BCUT2D eigenvalue weighted by atomic mass is 32.1. The van der Waals surface area contributed by atoms with Gasteiger partial charge in [0.25, 0.3) is 5.56 Å². The van der Waals surface area contributed by atoms with Crippen LogP contribution in [-0.2, 0) is 6.54 Å². The fraction of sp³-hybridized carbons (Fsp3) is 0.176. The average molecular weight is 352 g/mol. The molecule has 0 atom stereocenters. The van der Waals surface area contributed by atoms with Crippen molar-refractivity contribution in [1.82, 2.24) is 24.4 Å². The van der Waals surface area contributed by atoms with Crippen molar-refractivity contribution in [3.05, 3.63) is 70.4 Å². The molecule has 0 saturated heterocycles. The maximum absolute atomic E-state index is 12.0. The number of rotatable bonds is 4. The van der Waals surface area contributed by atoms with Crippen LogP contribution in [0.2, 0.25) is 0 Å². The molecule has 0 aliphatic heterocycles. The largest absolute Gasteiger partial charge is 0.345 e. The van der Waals surface area contributed by atoms with Gasteiger partial charge in [-0.25, -0.2) is 9.67 Å². The van der Waals surface area contributed by atoms with Crippen LogP contribution in [0.4, 0.5) is 5.13 Å². The van der Waals surface area contributed by atoms with Crippen molar-refractivity contribution < 1.29 is 0 Å². The summed E-state index contributed by atoms with van der Waals surface area (Å²) in [7, 11) is 1.94. The minimum atomic E-state index is -0.157. The number of hydrogen-bond acceptors (Lipinski definition) is 6. The average Bonchev–Trinajstić information content (AvgIpc) is 3.22. The molecule has 25 heavy (non-hydrogen) atoms. The van der Waals surface area contributed by atoms with Crippen LogP contribution in [0.5, 0.6) is 0 Å². The van der Waals surface area contributed by atoms with Gasteiger partial charge in [0.15, 0.2) is 0 Å². The summed E-state index contributed by atoms with van der Waals surface area (Å²) in [5.74, 6) is 0. The zero-order valence-electron chi connectivity index (χ0n) is 13.8. The van der Waals surface area contributed by atoms with Crippen LogP contribution in [-0.4, -0.2) is 31.4 Å². The smallest absolute Gasteiger partial charge is 0.275 e. The standard InChI is InChI=1S/C17H16N6OS/c1-12-8-15(24)23-16(19-12)25-17(20-23)21(2)10-13-9-18-22(11-13)14-6-4-3-5-7-14/h3-9,11H,10H2,1-2H3. The molecule has 0 fully saturated rings. The molecule has 4 aromatic rings. The lowest BCUT2D eigenvalue weighted by atomic mass is 10.3. The summed E-state index contributed by atoms with van der Waals surface area (Å²) in [4.78, 5) is 18.9. The van der Waals surface area contributed by atoms with Crippen molar-refractivity contribution in [3.63, 3.8) is 0 Å². The Labute approximate surface area is 147 Å².